The Labute approximate surface area is 175 Å². The molecule has 0 aliphatic heterocycles. The fourth-order valence-electron chi connectivity index (χ4n) is 2.71. The van der Waals surface area contributed by atoms with Crippen LogP contribution in [-0.2, 0) is 11.2 Å². The van der Waals surface area contributed by atoms with Crippen LogP contribution in [-0.4, -0.2) is 19.1 Å². The summed E-state index contributed by atoms with van der Waals surface area (Å²) < 4.78 is 25.2. The Morgan fingerprint density at radius 2 is 2.00 bits per heavy atom. The van der Waals surface area contributed by atoms with E-state index in [0.29, 0.717) is 36.7 Å². The second-order valence-electron chi connectivity index (χ2n) is 6.14. The van der Waals surface area contributed by atoms with Gasteiger partial charge in [-0.3, -0.25) is 4.79 Å². The van der Waals surface area contributed by atoms with Crippen LogP contribution in [0.3, 0.4) is 0 Å². The second-order valence-corrected chi connectivity index (χ2v) is 6.14. The van der Waals surface area contributed by atoms with Gasteiger partial charge in [-0.25, -0.2) is 4.39 Å². The largest absolute Gasteiger partial charge is 0.490 e. The number of halogens is 1. The predicted octanol–water partition coefficient (Wildman–Crippen LogP) is 5.06. The SMILES string of the molecule is C=CCOc1c(CC=C)cc(/C=C(/C#N)C(=O)Nc2ccccc2F)cc1OCC. The van der Waals surface area contributed by atoms with Gasteiger partial charge in [0.2, 0.25) is 0 Å². The molecule has 0 saturated carbocycles. The molecule has 2 aromatic carbocycles. The van der Waals surface area contributed by atoms with Crippen LogP contribution in [0.2, 0.25) is 0 Å². The standard InChI is InChI=1S/C24H23FN2O3/c1-4-9-18-13-17(15-22(29-6-3)23(18)30-12-5-2)14-19(16-26)24(28)27-21-11-8-7-10-20(21)25/h4-5,7-8,10-11,13-15H,1-2,6,9,12H2,3H3,(H,27,28)/b19-14-. The van der Waals surface area contributed by atoms with Crippen molar-refractivity contribution in [2.24, 2.45) is 0 Å². The quantitative estimate of drug-likeness (QED) is 0.340. The minimum Gasteiger partial charge on any atom is -0.490 e. The number of hydrogen-bond acceptors (Lipinski definition) is 4. The molecule has 30 heavy (non-hydrogen) atoms. The number of hydrogen-bond donors (Lipinski definition) is 1. The van der Waals surface area contributed by atoms with E-state index in [2.05, 4.69) is 18.5 Å². The average Bonchev–Trinajstić information content (AvgIpc) is 2.73. The molecule has 0 radical (unpaired) electrons. The Hall–Kier alpha value is -3.85. The molecule has 0 aromatic heterocycles. The van der Waals surface area contributed by atoms with Gasteiger partial charge in [0.1, 0.15) is 24.1 Å². The summed E-state index contributed by atoms with van der Waals surface area (Å²) >= 11 is 0. The van der Waals surface area contributed by atoms with E-state index in [9.17, 15) is 14.4 Å². The third-order valence-corrected chi connectivity index (χ3v) is 3.96. The van der Waals surface area contributed by atoms with Crippen LogP contribution in [0.1, 0.15) is 18.1 Å². The molecule has 2 rings (SSSR count). The third kappa shape index (κ3) is 5.82. The third-order valence-electron chi connectivity index (χ3n) is 3.96. The maximum atomic E-state index is 13.8. The van der Waals surface area contributed by atoms with Crippen LogP contribution in [0, 0.1) is 17.1 Å². The van der Waals surface area contributed by atoms with E-state index in [1.54, 1.807) is 30.4 Å². The van der Waals surface area contributed by atoms with Crippen molar-refractivity contribution >= 4 is 17.7 Å². The molecule has 0 atom stereocenters. The first kappa shape index (κ1) is 22.4. The van der Waals surface area contributed by atoms with Gasteiger partial charge >= 0.3 is 0 Å². The van der Waals surface area contributed by atoms with Crippen molar-refractivity contribution < 1.29 is 18.7 Å². The summed E-state index contributed by atoms with van der Waals surface area (Å²) in [4.78, 5) is 12.5. The number of nitrogens with one attached hydrogen (secondary N) is 1. The van der Waals surface area contributed by atoms with Crippen LogP contribution in [0.5, 0.6) is 11.5 Å². The highest BCUT2D eigenvalue weighted by Crippen LogP contribution is 2.34. The topological polar surface area (TPSA) is 71.3 Å². The average molecular weight is 406 g/mol. The highest BCUT2D eigenvalue weighted by atomic mass is 19.1. The molecule has 0 spiro atoms. The van der Waals surface area contributed by atoms with Gasteiger partial charge in [-0.15, -0.1) is 6.58 Å². The number of carbonyl (C=O) groups excluding carboxylic acids is 1. The van der Waals surface area contributed by atoms with E-state index in [4.69, 9.17) is 9.47 Å². The number of rotatable bonds is 10. The number of anilines is 1. The normalized spacial score (nSPS) is 10.6. The van der Waals surface area contributed by atoms with E-state index >= 15 is 0 Å². The van der Waals surface area contributed by atoms with Crippen molar-refractivity contribution in [2.45, 2.75) is 13.3 Å². The molecule has 0 aliphatic carbocycles. The number of para-hydroxylation sites is 1. The van der Waals surface area contributed by atoms with E-state index < -0.39 is 11.7 Å². The Morgan fingerprint density at radius 1 is 1.23 bits per heavy atom. The molecule has 0 heterocycles. The van der Waals surface area contributed by atoms with Gasteiger partial charge in [-0.2, -0.15) is 5.26 Å². The zero-order valence-electron chi connectivity index (χ0n) is 16.8. The first-order chi connectivity index (χ1) is 14.5. The van der Waals surface area contributed by atoms with Gasteiger partial charge in [0.15, 0.2) is 11.5 Å². The van der Waals surface area contributed by atoms with Gasteiger partial charge < -0.3 is 14.8 Å². The summed E-state index contributed by atoms with van der Waals surface area (Å²) in [5.41, 5.74) is 1.18. The minimum atomic E-state index is -0.710. The van der Waals surface area contributed by atoms with Crippen LogP contribution in [0.4, 0.5) is 10.1 Å². The Bertz CT molecular complexity index is 1010. The van der Waals surface area contributed by atoms with E-state index in [1.807, 2.05) is 13.0 Å². The van der Waals surface area contributed by atoms with Gasteiger partial charge in [-0.1, -0.05) is 30.9 Å². The van der Waals surface area contributed by atoms with Gasteiger partial charge in [0.25, 0.3) is 5.91 Å². The van der Waals surface area contributed by atoms with E-state index in [1.165, 1.54) is 24.3 Å². The molecule has 154 valence electrons. The zero-order chi connectivity index (χ0) is 21.9. The fourth-order valence-corrected chi connectivity index (χ4v) is 2.71. The molecule has 5 nitrogen and oxygen atoms in total. The summed E-state index contributed by atoms with van der Waals surface area (Å²) in [6.07, 6.45) is 5.26. The van der Waals surface area contributed by atoms with Crippen LogP contribution < -0.4 is 14.8 Å². The summed E-state index contributed by atoms with van der Waals surface area (Å²) in [6.45, 7) is 9.96. The first-order valence-electron chi connectivity index (χ1n) is 9.36. The molecular formula is C24H23FN2O3. The van der Waals surface area contributed by atoms with Gasteiger partial charge in [0.05, 0.1) is 12.3 Å². The first-order valence-corrected chi connectivity index (χ1v) is 9.36. The summed E-state index contributed by atoms with van der Waals surface area (Å²) in [7, 11) is 0. The molecule has 0 saturated heterocycles. The summed E-state index contributed by atoms with van der Waals surface area (Å²) in [5.74, 6) is -0.253. The van der Waals surface area contributed by atoms with Crippen molar-refractivity contribution in [3.05, 3.63) is 84.2 Å². The highest BCUT2D eigenvalue weighted by Gasteiger charge is 2.15. The molecule has 0 bridgehead atoms. The maximum absolute atomic E-state index is 13.8. The van der Waals surface area contributed by atoms with Crippen LogP contribution in [0.15, 0.2) is 67.3 Å². The predicted molar refractivity (Wildman–Crippen MR) is 116 cm³/mol. The number of nitriles is 1. The lowest BCUT2D eigenvalue weighted by Gasteiger charge is -2.16. The minimum absolute atomic E-state index is 0.000764. The Morgan fingerprint density at radius 3 is 2.63 bits per heavy atom. The molecule has 1 amide bonds. The summed E-state index contributed by atoms with van der Waals surface area (Å²) in [6, 6.07) is 11.1. The van der Waals surface area contributed by atoms with E-state index in [-0.39, 0.29) is 11.3 Å². The summed E-state index contributed by atoms with van der Waals surface area (Å²) in [5, 5.41) is 11.9. The second kappa shape index (κ2) is 11.2. The number of ether oxygens (including phenoxy) is 2. The Balaban J connectivity index is 2.44. The number of amides is 1. The number of benzene rings is 2. The van der Waals surface area contributed by atoms with Crippen LogP contribution in [0.25, 0.3) is 6.08 Å². The molecular weight excluding hydrogens is 383 g/mol. The lowest BCUT2D eigenvalue weighted by Crippen LogP contribution is -2.14. The molecule has 0 unspecified atom stereocenters. The number of allylic oxidation sites excluding steroid dienone is 1. The number of carbonyl (C=O) groups is 1. The van der Waals surface area contributed by atoms with Gasteiger partial charge in [0, 0.05) is 5.56 Å². The van der Waals surface area contributed by atoms with Crippen molar-refractivity contribution in [1.82, 2.24) is 0 Å². The van der Waals surface area contributed by atoms with Crippen molar-refractivity contribution in [3.63, 3.8) is 0 Å². The lowest BCUT2D eigenvalue weighted by atomic mass is 10.0. The molecule has 1 N–H and O–H groups in total. The van der Waals surface area contributed by atoms with Crippen molar-refractivity contribution in [3.8, 4) is 17.6 Å². The maximum Gasteiger partial charge on any atom is 0.266 e. The van der Waals surface area contributed by atoms with Crippen molar-refractivity contribution in [1.29, 1.82) is 5.26 Å². The lowest BCUT2D eigenvalue weighted by molar-refractivity contribution is -0.112. The Kier molecular flexibility index (Phi) is 8.40. The zero-order valence-corrected chi connectivity index (χ0v) is 16.8. The van der Waals surface area contributed by atoms with E-state index in [0.717, 1.165) is 5.56 Å². The molecule has 0 fully saturated rings. The van der Waals surface area contributed by atoms with Gasteiger partial charge in [-0.05, 0) is 49.2 Å². The molecule has 0 aliphatic rings. The molecule has 2 aromatic rings. The van der Waals surface area contributed by atoms with Crippen LogP contribution >= 0.6 is 0 Å². The van der Waals surface area contributed by atoms with Crippen molar-refractivity contribution in [2.75, 3.05) is 18.5 Å². The highest BCUT2D eigenvalue weighted by molar-refractivity contribution is 6.09. The smallest absolute Gasteiger partial charge is 0.266 e. The fraction of sp³-hybridized carbons (Fsp3) is 0.167. The number of nitrogens with zero attached hydrogens (tertiary/aromatic N) is 1. The molecule has 6 heteroatoms. The monoisotopic (exact) mass is 406 g/mol.